The molecule has 2 aromatic rings. The second kappa shape index (κ2) is 22.2. The monoisotopic (exact) mass is 860 g/mol. The minimum atomic E-state index is -1.96. The van der Waals surface area contributed by atoms with Crippen molar-refractivity contribution in [2.45, 2.75) is 136 Å². The molecule has 6 rings (SSSR count). The average Bonchev–Trinajstić information content (AvgIpc) is 3.57. The molecule has 18 atom stereocenters. The molecule has 2 unspecified atom stereocenters. The van der Waals surface area contributed by atoms with Gasteiger partial charge in [-0.15, -0.1) is 0 Å². The summed E-state index contributed by atoms with van der Waals surface area (Å²) in [5, 5.41) is 65.2. The lowest BCUT2D eigenvalue weighted by Crippen LogP contribution is -2.62. The lowest BCUT2D eigenvalue weighted by Gasteiger charge is -2.46. The van der Waals surface area contributed by atoms with Gasteiger partial charge in [0.25, 0.3) is 0 Å². The van der Waals surface area contributed by atoms with Crippen LogP contribution in [0.3, 0.4) is 0 Å². The van der Waals surface area contributed by atoms with E-state index in [1.54, 1.807) is 54.6 Å². The molecule has 4 aliphatic rings. The topological polar surface area (TPSA) is 347 Å². The number of alkyl halides is 1. The van der Waals surface area contributed by atoms with Gasteiger partial charge in [-0.2, -0.15) is 0 Å². The number of hydrogen-bond donors (Lipinski definition) is 6. The van der Waals surface area contributed by atoms with Gasteiger partial charge in [0.2, 0.25) is 0 Å². The summed E-state index contributed by atoms with van der Waals surface area (Å²) in [6.07, 6.45) is -24.1. The molecule has 3 aliphatic heterocycles. The third kappa shape index (κ3) is 11.0. The highest BCUT2D eigenvalue weighted by Crippen LogP contribution is 2.38. The van der Waals surface area contributed by atoms with Gasteiger partial charge in [0.15, 0.2) is 25.0 Å². The van der Waals surface area contributed by atoms with Crippen molar-refractivity contribution in [2.24, 2.45) is 21.1 Å². The minimum Gasteiger partial charge on any atom is -0.394 e. The average molecular weight is 861 g/mol. The molecule has 23 nitrogen and oxygen atoms in total. The molecular formula is C37H49FN10O13. The number of nitrogens with zero attached hydrogens (tertiary/aromatic N) is 9. The Morgan fingerprint density at radius 3 is 1.85 bits per heavy atom. The Morgan fingerprint density at radius 1 is 0.656 bits per heavy atom. The first-order valence-corrected chi connectivity index (χ1v) is 19.6. The van der Waals surface area contributed by atoms with Gasteiger partial charge in [-0.1, -0.05) is 76.0 Å². The fourth-order valence-corrected chi connectivity index (χ4v) is 7.78. The van der Waals surface area contributed by atoms with E-state index in [0.29, 0.717) is 5.56 Å². The lowest BCUT2D eigenvalue weighted by molar-refractivity contribution is -0.333. The molecule has 1 aliphatic carbocycles. The highest BCUT2D eigenvalue weighted by molar-refractivity contribution is 5.15. The minimum absolute atomic E-state index is 0.00490. The van der Waals surface area contributed by atoms with Crippen LogP contribution >= 0.6 is 0 Å². The third-order valence-electron chi connectivity index (χ3n) is 10.9. The Balaban J connectivity index is 1.26. The summed E-state index contributed by atoms with van der Waals surface area (Å²) in [5.41, 5.74) is 35.0. The number of rotatable bonds is 18. The van der Waals surface area contributed by atoms with Gasteiger partial charge in [0.1, 0.15) is 54.9 Å². The molecule has 2 aromatic carbocycles. The maximum Gasteiger partial charge on any atom is 0.187 e. The maximum absolute atomic E-state index is 17.0. The molecule has 0 aromatic heterocycles. The molecule has 332 valence electrons. The molecule has 4 fully saturated rings. The molecule has 1 saturated carbocycles. The second-order valence-corrected chi connectivity index (χ2v) is 14.8. The van der Waals surface area contributed by atoms with E-state index in [1.165, 1.54) is 0 Å². The fourth-order valence-electron chi connectivity index (χ4n) is 7.78. The Hall–Kier alpha value is -4.26. The highest BCUT2D eigenvalue weighted by atomic mass is 19.1. The summed E-state index contributed by atoms with van der Waals surface area (Å²) < 4.78 is 65.5. The Labute approximate surface area is 347 Å². The van der Waals surface area contributed by atoms with Crippen molar-refractivity contribution in [3.63, 3.8) is 0 Å². The highest BCUT2D eigenvalue weighted by Gasteiger charge is 2.55. The molecule has 0 amide bonds. The van der Waals surface area contributed by atoms with Crippen molar-refractivity contribution in [3.05, 3.63) is 103 Å². The van der Waals surface area contributed by atoms with Crippen molar-refractivity contribution in [1.29, 1.82) is 0 Å². The van der Waals surface area contributed by atoms with Crippen LogP contribution in [-0.4, -0.2) is 156 Å². The van der Waals surface area contributed by atoms with Crippen LogP contribution in [-0.2, 0) is 51.1 Å². The van der Waals surface area contributed by atoms with Crippen molar-refractivity contribution in [2.75, 3.05) is 19.7 Å². The van der Waals surface area contributed by atoms with E-state index in [2.05, 4.69) is 30.1 Å². The predicted molar refractivity (Wildman–Crippen MR) is 205 cm³/mol. The van der Waals surface area contributed by atoms with Crippen LogP contribution in [0.4, 0.5) is 4.39 Å². The first-order chi connectivity index (χ1) is 29.6. The van der Waals surface area contributed by atoms with Gasteiger partial charge >= 0.3 is 0 Å². The number of nitrogens with two attached hydrogens (primary N) is 1. The van der Waals surface area contributed by atoms with Crippen LogP contribution in [0.5, 0.6) is 0 Å². The summed E-state index contributed by atoms with van der Waals surface area (Å²) in [4.78, 5) is 8.45. The smallest absolute Gasteiger partial charge is 0.187 e. The van der Waals surface area contributed by atoms with Crippen LogP contribution in [0.15, 0.2) is 76.0 Å². The van der Waals surface area contributed by atoms with Crippen LogP contribution in [0, 0.1) is 0 Å². The first kappa shape index (κ1) is 46.2. The molecule has 0 bridgehead atoms. The molecule has 3 saturated heterocycles. The summed E-state index contributed by atoms with van der Waals surface area (Å²) in [6, 6.07) is 15.3. The largest absolute Gasteiger partial charge is 0.394 e. The van der Waals surface area contributed by atoms with Crippen LogP contribution in [0.2, 0.25) is 0 Å². The molecule has 3 heterocycles. The normalized spacial score (nSPS) is 38.7. The van der Waals surface area contributed by atoms with Crippen molar-refractivity contribution in [3.8, 4) is 0 Å². The Bertz CT molecular complexity index is 1830. The standard InChI is InChI=1S/C37H49FN10O13/c38-25-32(54-16-18-7-3-1-4-8-18)23(14-43-46-40)57-37(34(25)55-17-19-9-5-2-6-10-19)59-30-20(44-47-41)11-12-21(50)31(30)60-36-29(53)33(24(15-49)58-36)61-35-26(45-48-42)28(52)27(51)22(13-39)56-35/h1-10,20-37,49-53H,11-17,39H2/t20?,21-,22-,23+,24+,25-,26?,27+,28+,29+,30+,31+,32+,33+,34+,35+,36-,37+/m0/s1. The van der Waals surface area contributed by atoms with Crippen LogP contribution in [0.25, 0.3) is 31.3 Å². The number of halogens is 1. The predicted octanol–water partition coefficient (Wildman–Crippen LogP) is 1.68. The molecular weight excluding hydrogens is 811 g/mol. The summed E-state index contributed by atoms with van der Waals surface area (Å²) in [6.45, 7) is -1.54. The number of hydrogen-bond acceptors (Lipinski definition) is 17. The maximum atomic E-state index is 17.0. The summed E-state index contributed by atoms with van der Waals surface area (Å²) >= 11 is 0. The molecule has 0 radical (unpaired) electrons. The number of aliphatic hydroxyl groups excluding tert-OH is 5. The van der Waals surface area contributed by atoms with E-state index in [1.807, 2.05) is 6.07 Å². The van der Waals surface area contributed by atoms with Gasteiger partial charge in [0.05, 0.1) is 56.8 Å². The molecule has 0 spiro atoms. The Kier molecular flexibility index (Phi) is 16.8. The first-order valence-electron chi connectivity index (χ1n) is 19.6. The van der Waals surface area contributed by atoms with Crippen LogP contribution < -0.4 is 5.73 Å². The van der Waals surface area contributed by atoms with Gasteiger partial charge < -0.3 is 69.2 Å². The van der Waals surface area contributed by atoms with Gasteiger partial charge in [-0.05, 0) is 40.6 Å². The number of benzene rings is 2. The van der Waals surface area contributed by atoms with E-state index in [9.17, 15) is 36.6 Å². The van der Waals surface area contributed by atoms with E-state index >= 15 is 4.39 Å². The van der Waals surface area contributed by atoms with Crippen molar-refractivity contribution >= 4 is 0 Å². The third-order valence-corrected chi connectivity index (χ3v) is 10.9. The van der Waals surface area contributed by atoms with Crippen LogP contribution in [0.1, 0.15) is 24.0 Å². The van der Waals surface area contributed by atoms with E-state index in [4.69, 9.17) is 49.2 Å². The van der Waals surface area contributed by atoms with Gasteiger partial charge in [0, 0.05) is 21.3 Å². The van der Waals surface area contributed by atoms with Gasteiger partial charge in [-0.25, -0.2) is 4.39 Å². The van der Waals surface area contributed by atoms with E-state index in [0.717, 1.165) is 5.56 Å². The molecule has 7 N–H and O–H groups in total. The second-order valence-electron chi connectivity index (χ2n) is 14.8. The summed E-state index contributed by atoms with van der Waals surface area (Å²) in [5.74, 6) is 0. The van der Waals surface area contributed by atoms with E-state index < -0.39 is 117 Å². The SMILES string of the molecule is [N-]=[N+]=NC[C@H]1O[C@H](O[C@@H]2C(N=[N+]=[N-])CC[C@H](O)[C@H]2O[C@@H]2O[C@H](CO)[C@@H](O[C@H]3O[C@@H](CN)[C@@H](O)[C@H](O)C3N=[N+]=[N-])[C@H]2O)[C@H](OCc2ccccc2)[C@@H](F)[C@@H]1OCc1ccccc1. The zero-order chi connectivity index (χ0) is 43.5. The van der Waals surface area contributed by atoms with Gasteiger partial charge in [-0.3, -0.25) is 0 Å². The molecule has 61 heavy (non-hydrogen) atoms. The number of ether oxygens (including phenoxy) is 8. The Morgan fingerprint density at radius 2 is 1.25 bits per heavy atom. The summed E-state index contributed by atoms with van der Waals surface area (Å²) in [7, 11) is 0. The lowest BCUT2D eigenvalue weighted by atomic mass is 9.87. The number of azide groups is 3. The molecule has 24 heteroatoms. The zero-order valence-electron chi connectivity index (χ0n) is 32.6. The van der Waals surface area contributed by atoms with Crippen molar-refractivity contribution < 1.29 is 67.8 Å². The van der Waals surface area contributed by atoms with Crippen molar-refractivity contribution in [1.82, 2.24) is 0 Å². The zero-order valence-corrected chi connectivity index (χ0v) is 32.6. The number of aliphatic hydroxyl groups is 5. The fraction of sp³-hybridized carbons (Fsp3) is 0.676. The van der Waals surface area contributed by atoms with E-state index in [-0.39, 0.29) is 39.1 Å². The quantitative estimate of drug-likeness (QED) is 0.0706.